The number of aryl methyl sites for hydroxylation is 1. The van der Waals surface area contributed by atoms with Crippen LogP contribution in [0.4, 0.5) is 4.79 Å². The Morgan fingerprint density at radius 3 is 3.00 bits per heavy atom. The number of methoxy groups -OCH3 is 1. The first kappa shape index (κ1) is 14.3. The van der Waals surface area contributed by atoms with E-state index in [1.165, 1.54) is 16.9 Å². The van der Waals surface area contributed by atoms with E-state index in [9.17, 15) is 4.79 Å². The third-order valence-corrected chi connectivity index (χ3v) is 4.55. The minimum absolute atomic E-state index is 0.243. The summed E-state index contributed by atoms with van der Waals surface area (Å²) in [6, 6.07) is 4.40. The zero-order valence-electron chi connectivity index (χ0n) is 11.9. The van der Waals surface area contributed by atoms with Crippen molar-refractivity contribution in [1.29, 1.82) is 0 Å². The molecule has 1 unspecified atom stereocenters. The molecule has 5 heteroatoms. The highest BCUT2D eigenvalue weighted by atomic mass is 32.1. The van der Waals surface area contributed by atoms with Crippen LogP contribution < -0.4 is 0 Å². The zero-order valence-corrected chi connectivity index (χ0v) is 12.7. The molecule has 1 fully saturated rings. The van der Waals surface area contributed by atoms with Gasteiger partial charge in [0.1, 0.15) is 0 Å². The van der Waals surface area contributed by atoms with Crippen molar-refractivity contribution >= 4 is 17.4 Å². The molecule has 0 radical (unpaired) electrons. The summed E-state index contributed by atoms with van der Waals surface area (Å²) >= 11 is 1.87. The highest BCUT2D eigenvalue weighted by Gasteiger charge is 2.25. The molecular formula is C14H22N2O2S. The van der Waals surface area contributed by atoms with Crippen molar-refractivity contribution in [1.82, 2.24) is 9.80 Å². The lowest BCUT2D eigenvalue weighted by atomic mass is 10.1. The molecule has 0 spiro atoms. The summed E-state index contributed by atoms with van der Waals surface area (Å²) in [5, 5.41) is 0. The summed E-state index contributed by atoms with van der Waals surface area (Å²) in [6.45, 7) is 6.16. The highest BCUT2D eigenvalue weighted by molar-refractivity contribution is 7.11. The van der Waals surface area contributed by atoms with Crippen LogP contribution in [0.15, 0.2) is 12.1 Å². The Morgan fingerprint density at radius 2 is 2.37 bits per heavy atom. The van der Waals surface area contributed by atoms with Crippen LogP contribution in [0.1, 0.15) is 16.2 Å². The molecule has 1 amide bonds. The van der Waals surface area contributed by atoms with Gasteiger partial charge >= 0.3 is 6.09 Å². The second-order valence-electron chi connectivity index (χ2n) is 5.25. The summed E-state index contributed by atoms with van der Waals surface area (Å²) < 4.78 is 4.72. The summed E-state index contributed by atoms with van der Waals surface area (Å²) in [5.74, 6) is 0.560. The largest absolute Gasteiger partial charge is 0.453 e. The Labute approximate surface area is 119 Å². The first-order valence-electron chi connectivity index (χ1n) is 6.65. The van der Waals surface area contributed by atoms with Gasteiger partial charge in [-0.2, -0.15) is 0 Å². The van der Waals surface area contributed by atoms with Gasteiger partial charge in [-0.25, -0.2) is 4.79 Å². The van der Waals surface area contributed by atoms with Gasteiger partial charge in [-0.1, -0.05) is 0 Å². The fraction of sp³-hybridized carbons (Fsp3) is 0.643. The predicted molar refractivity (Wildman–Crippen MR) is 77.5 cm³/mol. The van der Waals surface area contributed by atoms with Crippen molar-refractivity contribution in [3.8, 4) is 0 Å². The molecule has 1 aliphatic heterocycles. The van der Waals surface area contributed by atoms with E-state index in [4.69, 9.17) is 4.74 Å². The SMILES string of the molecule is COC(=O)N(C)CC1CCN(Cc2ccc(C)s2)C1. The molecule has 0 saturated carbocycles. The van der Waals surface area contributed by atoms with Gasteiger partial charge in [0.15, 0.2) is 0 Å². The number of nitrogens with zero attached hydrogens (tertiary/aromatic N) is 2. The van der Waals surface area contributed by atoms with E-state index < -0.39 is 0 Å². The molecule has 2 heterocycles. The first-order chi connectivity index (χ1) is 9.08. The second-order valence-corrected chi connectivity index (χ2v) is 6.63. The van der Waals surface area contributed by atoms with Crippen LogP contribution >= 0.6 is 11.3 Å². The van der Waals surface area contributed by atoms with E-state index in [2.05, 4.69) is 24.0 Å². The fourth-order valence-electron chi connectivity index (χ4n) is 2.61. The third kappa shape index (κ3) is 3.94. The standard InChI is InChI=1S/C14H22N2O2S/c1-11-4-5-13(19-11)10-16-7-6-12(9-16)8-15(2)14(17)18-3/h4-5,12H,6-10H2,1-3H3. The number of rotatable bonds is 4. The maximum Gasteiger partial charge on any atom is 0.409 e. The lowest BCUT2D eigenvalue weighted by Gasteiger charge is -2.20. The van der Waals surface area contributed by atoms with Gasteiger partial charge < -0.3 is 9.64 Å². The van der Waals surface area contributed by atoms with E-state index in [0.717, 1.165) is 32.6 Å². The number of amides is 1. The number of carbonyl (C=O) groups excluding carboxylic acids is 1. The zero-order chi connectivity index (χ0) is 13.8. The minimum Gasteiger partial charge on any atom is -0.453 e. The van der Waals surface area contributed by atoms with E-state index in [1.807, 2.05) is 11.3 Å². The number of ether oxygens (including phenoxy) is 1. The molecular weight excluding hydrogens is 260 g/mol. The number of likely N-dealkylation sites (tertiary alicyclic amines) is 1. The lowest BCUT2D eigenvalue weighted by Crippen LogP contribution is -2.32. The van der Waals surface area contributed by atoms with Crippen LogP contribution in [0.25, 0.3) is 0 Å². The quantitative estimate of drug-likeness (QED) is 0.851. The van der Waals surface area contributed by atoms with Gasteiger partial charge in [0.25, 0.3) is 0 Å². The van der Waals surface area contributed by atoms with Crippen molar-refractivity contribution in [2.45, 2.75) is 19.9 Å². The first-order valence-corrected chi connectivity index (χ1v) is 7.47. The Balaban J connectivity index is 1.78. The average Bonchev–Trinajstić information content (AvgIpc) is 2.98. The predicted octanol–water partition coefficient (Wildman–Crippen LogP) is 2.58. The van der Waals surface area contributed by atoms with Crippen molar-refractivity contribution in [2.24, 2.45) is 5.92 Å². The molecule has 0 N–H and O–H groups in total. The summed E-state index contributed by atoms with van der Waals surface area (Å²) in [6.07, 6.45) is 0.915. The van der Waals surface area contributed by atoms with Gasteiger partial charge in [0.05, 0.1) is 7.11 Å². The maximum absolute atomic E-state index is 11.4. The van der Waals surface area contributed by atoms with E-state index in [1.54, 1.807) is 11.9 Å². The molecule has 1 atom stereocenters. The molecule has 4 nitrogen and oxygen atoms in total. The molecule has 0 bridgehead atoms. The molecule has 2 rings (SSSR count). The fourth-order valence-corrected chi connectivity index (χ4v) is 3.55. The van der Waals surface area contributed by atoms with Crippen molar-refractivity contribution in [3.63, 3.8) is 0 Å². The summed E-state index contributed by atoms with van der Waals surface area (Å²) in [7, 11) is 3.23. The van der Waals surface area contributed by atoms with Crippen molar-refractivity contribution in [3.05, 3.63) is 21.9 Å². The van der Waals surface area contributed by atoms with Gasteiger partial charge in [-0.15, -0.1) is 11.3 Å². The molecule has 0 aromatic carbocycles. The van der Waals surface area contributed by atoms with Crippen molar-refractivity contribution < 1.29 is 9.53 Å². The maximum atomic E-state index is 11.4. The monoisotopic (exact) mass is 282 g/mol. The average molecular weight is 282 g/mol. The Bertz CT molecular complexity index is 433. The molecule has 1 aromatic heterocycles. The normalized spacial score (nSPS) is 19.6. The number of carbonyl (C=O) groups is 1. The third-order valence-electron chi connectivity index (χ3n) is 3.56. The van der Waals surface area contributed by atoms with E-state index in [-0.39, 0.29) is 6.09 Å². The van der Waals surface area contributed by atoms with Gasteiger partial charge in [-0.3, -0.25) is 4.90 Å². The van der Waals surface area contributed by atoms with Crippen molar-refractivity contribution in [2.75, 3.05) is 33.8 Å². The Kier molecular flexibility index (Phi) is 4.82. The Hall–Kier alpha value is -1.07. The lowest BCUT2D eigenvalue weighted by molar-refractivity contribution is 0.127. The molecule has 0 aliphatic carbocycles. The van der Waals surface area contributed by atoms with Crippen LogP contribution in [-0.2, 0) is 11.3 Å². The molecule has 1 aromatic rings. The second kappa shape index (κ2) is 6.39. The summed E-state index contributed by atoms with van der Waals surface area (Å²) in [5.41, 5.74) is 0. The molecule has 106 valence electrons. The smallest absolute Gasteiger partial charge is 0.409 e. The minimum atomic E-state index is -0.243. The van der Waals surface area contributed by atoms with Crippen LogP contribution in [0, 0.1) is 12.8 Å². The van der Waals surface area contributed by atoms with E-state index >= 15 is 0 Å². The van der Waals surface area contributed by atoms with Crippen LogP contribution in [0.2, 0.25) is 0 Å². The molecule has 1 aliphatic rings. The van der Waals surface area contributed by atoms with Crippen LogP contribution in [-0.4, -0.2) is 49.7 Å². The number of thiophene rings is 1. The molecule has 19 heavy (non-hydrogen) atoms. The summed E-state index contributed by atoms with van der Waals surface area (Å²) in [4.78, 5) is 18.3. The molecule has 1 saturated heterocycles. The Morgan fingerprint density at radius 1 is 1.58 bits per heavy atom. The number of hydrogen-bond donors (Lipinski definition) is 0. The van der Waals surface area contributed by atoms with Gasteiger partial charge in [-0.05, 0) is 37.9 Å². The van der Waals surface area contributed by atoms with Gasteiger partial charge in [0.2, 0.25) is 0 Å². The van der Waals surface area contributed by atoms with Crippen LogP contribution in [0.3, 0.4) is 0 Å². The highest BCUT2D eigenvalue weighted by Crippen LogP contribution is 2.22. The van der Waals surface area contributed by atoms with Gasteiger partial charge in [0, 0.05) is 36.4 Å². The van der Waals surface area contributed by atoms with Crippen LogP contribution in [0.5, 0.6) is 0 Å². The topological polar surface area (TPSA) is 32.8 Å². The van der Waals surface area contributed by atoms with E-state index in [0.29, 0.717) is 5.92 Å². The number of hydrogen-bond acceptors (Lipinski definition) is 4.